The number of rotatable bonds is 16. The number of aryl methyl sites for hydroxylation is 2. The normalized spacial score (nSPS) is 10.9. The molecule has 0 N–H and O–H groups in total. The predicted octanol–water partition coefficient (Wildman–Crippen LogP) is 18.7. The first-order chi connectivity index (χ1) is 29.3. The Morgan fingerprint density at radius 2 is 1.03 bits per heavy atom. The van der Waals surface area contributed by atoms with Crippen molar-refractivity contribution in [3.63, 3.8) is 0 Å². The van der Waals surface area contributed by atoms with E-state index in [0.29, 0.717) is 0 Å². The maximum Gasteiger partial charge on any atom is 0.196 e. The zero-order valence-electron chi connectivity index (χ0n) is 33.6. The fourth-order valence-electron chi connectivity index (χ4n) is 7.09. The molecule has 1 aliphatic rings. The lowest BCUT2D eigenvalue weighted by molar-refractivity contribution is 0.104. The van der Waals surface area contributed by atoms with Gasteiger partial charge in [-0.2, -0.15) is 0 Å². The highest BCUT2D eigenvalue weighted by Crippen LogP contribution is 2.57. The Morgan fingerprint density at radius 3 is 1.58 bits per heavy atom. The van der Waals surface area contributed by atoms with Crippen molar-refractivity contribution in [3.05, 3.63) is 141 Å². The van der Waals surface area contributed by atoms with Gasteiger partial charge in [0.1, 0.15) is 0 Å². The number of halogens is 2. The standard InChI is InChI=1S/C51H40Br2OS6/c1-5-7-9-11-13-15-17-19-21-23-25-35-43-45(54)44-36(26-24-22-20-18-16-14-12-10-8-6-2)47(40-30-28-38(56-40)42-32-34(4)51(53)58-42)60-49(44)48(43)59-46(35)39-29-27-37(55-39)41-31-33(3)50(52)57-41/h25,27-32H,1,6,8,10,12,14,16,18,20,22,24,26H2,2-4H3. The Kier molecular flexibility index (Phi) is 15.9. The zero-order chi connectivity index (χ0) is 42.0. The second-order valence-corrected chi connectivity index (χ2v) is 23.3. The summed E-state index contributed by atoms with van der Waals surface area (Å²) in [5.74, 6) is 0.116. The highest BCUT2D eigenvalue weighted by Gasteiger charge is 2.39. The van der Waals surface area contributed by atoms with E-state index in [4.69, 9.17) is 0 Å². The minimum absolute atomic E-state index is 0.116. The summed E-state index contributed by atoms with van der Waals surface area (Å²) in [6.45, 7) is 9.98. The number of fused-ring (bicyclic) bond motifs is 3. The fourth-order valence-corrected chi connectivity index (χ4v) is 15.4. The molecule has 0 unspecified atom stereocenters. The molecule has 0 amide bonds. The van der Waals surface area contributed by atoms with E-state index >= 15 is 0 Å². The molecule has 0 atom stereocenters. The van der Waals surface area contributed by atoms with Gasteiger partial charge in [0.2, 0.25) is 0 Å². The lowest BCUT2D eigenvalue weighted by Crippen LogP contribution is -2.01. The van der Waals surface area contributed by atoms with Crippen molar-refractivity contribution in [2.24, 2.45) is 0 Å². The van der Waals surface area contributed by atoms with Gasteiger partial charge in [-0.3, -0.25) is 4.79 Å². The van der Waals surface area contributed by atoms with E-state index in [-0.39, 0.29) is 5.78 Å². The van der Waals surface area contributed by atoms with Crippen LogP contribution in [0.4, 0.5) is 0 Å². The number of carbonyl (C=O) groups excluding carboxylic acids is 1. The van der Waals surface area contributed by atoms with Gasteiger partial charge in [0.05, 0.1) is 27.8 Å². The van der Waals surface area contributed by atoms with Gasteiger partial charge in [-0.15, -0.1) is 68.0 Å². The average Bonchev–Trinajstić information content (AvgIpc) is 4.11. The molecule has 7 rings (SSSR count). The van der Waals surface area contributed by atoms with Crippen LogP contribution in [0.2, 0.25) is 0 Å². The number of ketones is 1. The molecule has 1 nitrogen and oxygen atoms in total. The number of carbonyl (C=O) groups is 1. The van der Waals surface area contributed by atoms with Crippen LogP contribution in [0, 0.1) is 13.8 Å². The van der Waals surface area contributed by atoms with E-state index in [0.717, 1.165) is 52.8 Å². The molecule has 6 heterocycles. The van der Waals surface area contributed by atoms with Gasteiger partial charge in [0.25, 0.3) is 0 Å². The molecule has 60 heavy (non-hydrogen) atoms. The fraction of sp³-hybridized carbons (Fsp3) is 0.275. The third kappa shape index (κ3) is 10.3. The monoisotopic (exact) mass is 1020 g/mol. The van der Waals surface area contributed by atoms with Gasteiger partial charge in [0, 0.05) is 45.3 Å². The summed E-state index contributed by atoms with van der Waals surface area (Å²) in [5.41, 5.74) is 33.5. The van der Waals surface area contributed by atoms with Crippen molar-refractivity contribution in [3.8, 4) is 48.8 Å². The van der Waals surface area contributed by atoms with Gasteiger partial charge < -0.3 is 0 Å². The van der Waals surface area contributed by atoms with Crippen LogP contribution >= 0.6 is 99.9 Å². The van der Waals surface area contributed by atoms with Crippen LogP contribution in [-0.2, 0) is 6.42 Å². The van der Waals surface area contributed by atoms with Gasteiger partial charge in [-0.25, -0.2) is 0 Å². The number of hydrogen-bond acceptors (Lipinski definition) is 7. The van der Waals surface area contributed by atoms with E-state index in [1.807, 2.05) is 17.4 Å². The minimum atomic E-state index is 0.116. The van der Waals surface area contributed by atoms with Crippen LogP contribution < -0.4 is 0 Å². The first kappa shape index (κ1) is 44.4. The molecule has 6 aromatic heterocycles. The second-order valence-electron chi connectivity index (χ2n) is 14.4. The van der Waals surface area contributed by atoms with Crippen LogP contribution in [0.15, 0.2) is 108 Å². The van der Waals surface area contributed by atoms with Crippen molar-refractivity contribution in [2.45, 2.75) is 91.4 Å². The molecule has 0 saturated heterocycles. The molecule has 1 aliphatic carbocycles. The molecular weight excluding hydrogens is 981 g/mol. The Bertz CT molecular complexity index is 2940. The summed E-state index contributed by atoms with van der Waals surface area (Å²) in [6.07, 6.45) is 15.6. The molecular formula is C51H40Br2OS6. The minimum Gasteiger partial charge on any atom is -0.288 e. The van der Waals surface area contributed by atoms with Crippen LogP contribution in [0.3, 0.4) is 0 Å². The van der Waals surface area contributed by atoms with E-state index in [2.05, 4.69) is 153 Å². The lowest BCUT2D eigenvalue weighted by atomic mass is 9.97. The molecule has 0 fully saturated rings. The van der Waals surface area contributed by atoms with Crippen LogP contribution in [0.25, 0.3) is 54.8 Å². The van der Waals surface area contributed by atoms with Crippen LogP contribution in [0.1, 0.15) is 109 Å². The maximum atomic E-state index is 15.0. The molecule has 0 aromatic carbocycles. The topological polar surface area (TPSA) is 17.1 Å². The Balaban J connectivity index is 1.29. The smallest absolute Gasteiger partial charge is 0.196 e. The maximum absolute atomic E-state index is 15.0. The summed E-state index contributed by atoms with van der Waals surface area (Å²) in [6, 6.07) is 13.4. The summed E-state index contributed by atoms with van der Waals surface area (Å²) >= 11 is 18.1. The summed E-state index contributed by atoms with van der Waals surface area (Å²) < 4.78 is 2.32. The van der Waals surface area contributed by atoms with Crippen molar-refractivity contribution < 1.29 is 4.79 Å². The quantitative estimate of drug-likeness (QED) is 0.0696. The summed E-state index contributed by atoms with van der Waals surface area (Å²) in [5, 5.41) is 0. The summed E-state index contributed by atoms with van der Waals surface area (Å²) in [7, 11) is 0. The second kappa shape index (κ2) is 21.4. The number of thiophene rings is 6. The SMILES string of the molecule is C=C=C=C=C=C=C=C=C=C=C=Cc1c(-c2ccc(-c3cc(C)c(Br)s3)s2)sc2c1C(=O)c1c-2sc(-c2ccc(-c3cc(C)c(Br)s3)s2)c1CCCCCCCCCCCC. The van der Waals surface area contributed by atoms with Crippen molar-refractivity contribution in [1.82, 2.24) is 0 Å². The number of hydrogen-bond donors (Lipinski definition) is 0. The average molecular weight is 1020 g/mol. The molecule has 0 spiro atoms. The first-order valence-corrected chi connectivity index (χ1v) is 26.5. The van der Waals surface area contributed by atoms with Gasteiger partial charge in [-0.1, -0.05) is 76.2 Å². The van der Waals surface area contributed by atoms with E-state index in [1.54, 1.807) is 56.7 Å². The molecule has 0 radical (unpaired) electrons. The largest absolute Gasteiger partial charge is 0.288 e. The zero-order valence-corrected chi connectivity index (χ0v) is 41.7. The van der Waals surface area contributed by atoms with Crippen molar-refractivity contribution >= 4 is 112 Å². The van der Waals surface area contributed by atoms with Crippen LogP contribution in [0.5, 0.6) is 0 Å². The molecule has 0 bridgehead atoms. The highest BCUT2D eigenvalue weighted by molar-refractivity contribution is 9.11. The van der Waals surface area contributed by atoms with E-state index < -0.39 is 0 Å². The van der Waals surface area contributed by atoms with Gasteiger partial charge in [-0.05, 0) is 170 Å². The molecule has 0 aliphatic heterocycles. The number of unbranched alkanes of at least 4 members (excludes halogenated alkanes) is 9. The van der Waals surface area contributed by atoms with Crippen molar-refractivity contribution in [1.29, 1.82) is 0 Å². The highest BCUT2D eigenvalue weighted by atomic mass is 79.9. The Hall–Kier alpha value is -3.63. The first-order valence-electron chi connectivity index (χ1n) is 20.0. The summed E-state index contributed by atoms with van der Waals surface area (Å²) in [4.78, 5) is 26.8. The lowest BCUT2D eigenvalue weighted by Gasteiger charge is -2.07. The van der Waals surface area contributed by atoms with E-state index in [1.165, 1.54) is 108 Å². The Labute approximate surface area is 394 Å². The molecule has 9 heteroatoms. The molecule has 6 aromatic rings. The van der Waals surface area contributed by atoms with Gasteiger partial charge in [0.15, 0.2) is 5.78 Å². The van der Waals surface area contributed by atoms with Crippen LogP contribution in [-0.4, -0.2) is 5.78 Å². The van der Waals surface area contributed by atoms with Crippen molar-refractivity contribution in [2.75, 3.05) is 0 Å². The van der Waals surface area contributed by atoms with Gasteiger partial charge >= 0.3 is 0 Å². The van der Waals surface area contributed by atoms with E-state index in [9.17, 15) is 4.79 Å². The third-order valence-electron chi connectivity index (χ3n) is 10.1. The molecule has 300 valence electrons. The predicted molar refractivity (Wildman–Crippen MR) is 270 cm³/mol. The third-order valence-corrected chi connectivity index (χ3v) is 19.9. The molecule has 0 saturated carbocycles. The Morgan fingerprint density at radius 1 is 0.550 bits per heavy atom.